The Morgan fingerprint density at radius 1 is 1.50 bits per heavy atom. The summed E-state index contributed by atoms with van der Waals surface area (Å²) in [5.74, 6) is -0.271. The van der Waals surface area contributed by atoms with E-state index in [9.17, 15) is 4.79 Å². The number of nitrogens with one attached hydrogen (secondary N) is 1. The molecule has 0 aromatic rings. The van der Waals surface area contributed by atoms with Gasteiger partial charge in [-0.15, -0.1) is 0 Å². The second-order valence-electron chi connectivity index (χ2n) is 5.24. The van der Waals surface area contributed by atoms with Crippen molar-refractivity contribution in [2.75, 3.05) is 33.4 Å². The number of primary amides is 1. The van der Waals surface area contributed by atoms with E-state index in [-0.39, 0.29) is 5.91 Å². The molecule has 0 aromatic heterocycles. The highest BCUT2D eigenvalue weighted by Gasteiger charge is 2.33. The second-order valence-corrected chi connectivity index (χ2v) is 5.24. The Morgan fingerprint density at radius 2 is 2.17 bits per heavy atom. The number of rotatable bonds is 10. The summed E-state index contributed by atoms with van der Waals surface area (Å²) in [6.07, 6.45) is 3.27. The number of nitrogens with two attached hydrogens (primary N) is 1. The molecular weight excluding hydrogens is 230 g/mol. The van der Waals surface area contributed by atoms with Crippen LogP contribution in [0.1, 0.15) is 33.1 Å². The van der Waals surface area contributed by atoms with Crippen LogP contribution in [0.25, 0.3) is 0 Å². The number of amides is 1. The van der Waals surface area contributed by atoms with Crippen molar-refractivity contribution in [2.24, 2.45) is 5.73 Å². The Hall–Kier alpha value is -0.650. The van der Waals surface area contributed by atoms with Crippen molar-refractivity contribution in [3.8, 4) is 0 Å². The maximum Gasteiger partial charge on any atom is 0.237 e. The third-order valence-corrected chi connectivity index (χ3v) is 3.66. The number of ether oxygens (including phenoxy) is 1. The first-order chi connectivity index (χ1) is 8.53. The summed E-state index contributed by atoms with van der Waals surface area (Å²) in [6, 6.07) is 0.680. The molecule has 1 atom stereocenters. The van der Waals surface area contributed by atoms with Crippen LogP contribution < -0.4 is 11.1 Å². The molecular formula is C13H27N3O2. The van der Waals surface area contributed by atoms with Gasteiger partial charge in [0.2, 0.25) is 5.91 Å². The van der Waals surface area contributed by atoms with Crippen molar-refractivity contribution in [3.63, 3.8) is 0 Å². The Bertz CT molecular complexity index is 269. The highest BCUT2D eigenvalue weighted by Crippen LogP contribution is 2.27. The molecule has 1 aliphatic carbocycles. The minimum Gasteiger partial charge on any atom is -0.383 e. The van der Waals surface area contributed by atoms with Gasteiger partial charge in [-0.1, -0.05) is 6.92 Å². The fourth-order valence-corrected chi connectivity index (χ4v) is 2.18. The lowest BCUT2D eigenvalue weighted by molar-refractivity contribution is -0.124. The summed E-state index contributed by atoms with van der Waals surface area (Å²) in [6.45, 7) is 7.19. The normalized spacial score (nSPS) is 18.9. The van der Waals surface area contributed by atoms with Crippen LogP contribution in [0.3, 0.4) is 0 Å². The minimum atomic E-state index is -0.602. The first-order valence-electron chi connectivity index (χ1n) is 6.81. The number of methoxy groups -OCH3 is 1. The van der Waals surface area contributed by atoms with Gasteiger partial charge in [-0.25, -0.2) is 0 Å². The molecule has 1 rings (SSSR count). The maximum atomic E-state index is 11.5. The zero-order chi connectivity index (χ0) is 13.6. The molecule has 0 heterocycles. The maximum absolute atomic E-state index is 11.5. The third-order valence-electron chi connectivity index (χ3n) is 3.66. The smallest absolute Gasteiger partial charge is 0.237 e. The predicted molar refractivity (Wildman–Crippen MR) is 72.4 cm³/mol. The van der Waals surface area contributed by atoms with E-state index in [1.807, 2.05) is 13.8 Å². The van der Waals surface area contributed by atoms with Gasteiger partial charge in [0.05, 0.1) is 12.1 Å². The van der Waals surface area contributed by atoms with Gasteiger partial charge in [0.15, 0.2) is 0 Å². The number of nitrogens with zero attached hydrogens (tertiary/aromatic N) is 1. The zero-order valence-corrected chi connectivity index (χ0v) is 11.9. The molecule has 18 heavy (non-hydrogen) atoms. The summed E-state index contributed by atoms with van der Waals surface area (Å²) in [7, 11) is 1.72. The van der Waals surface area contributed by atoms with Gasteiger partial charge in [0.1, 0.15) is 0 Å². The van der Waals surface area contributed by atoms with Crippen molar-refractivity contribution < 1.29 is 9.53 Å². The van der Waals surface area contributed by atoms with Crippen LogP contribution in [-0.2, 0) is 9.53 Å². The van der Waals surface area contributed by atoms with Gasteiger partial charge in [-0.3, -0.25) is 9.69 Å². The number of carbonyl (C=O) groups excluding carboxylic acids is 1. The lowest BCUT2D eigenvalue weighted by atomic mass is 9.96. The third kappa shape index (κ3) is 4.55. The van der Waals surface area contributed by atoms with E-state index in [0.29, 0.717) is 6.04 Å². The van der Waals surface area contributed by atoms with Gasteiger partial charge >= 0.3 is 0 Å². The van der Waals surface area contributed by atoms with Gasteiger partial charge in [-0.2, -0.15) is 0 Å². The largest absolute Gasteiger partial charge is 0.383 e. The van der Waals surface area contributed by atoms with Crippen molar-refractivity contribution in [1.29, 1.82) is 0 Å². The Kier molecular flexibility index (Phi) is 6.05. The van der Waals surface area contributed by atoms with Crippen LogP contribution in [-0.4, -0.2) is 55.7 Å². The topological polar surface area (TPSA) is 67.6 Å². The van der Waals surface area contributed by atoms with Crippen molar-refractivity contribution >= 4 is 5.91 Å². The molecule has 0 saturated heterocycles. The minimum absolute atomic E-state index is 0.271. The predicted octanol–water partition coefficient (Wildman–Crippen LogP) is 0.341. The standard InChI is InChI=1S/C13H27N3O2/c1-4-15-13(2,12(14)17)7-8-16(9-10-18-3)11-5-6-11/h11,15H,4-10H2,1-3H3,(H2,14,17). The number of hydrogen-bond donors (Lipinski definition) is 2. The summed E-state index contributed by atoms with van der Waals surface area (Å²) >= 11 is 0. The summed E-state index contributed by atoms with van der Waals surface area (Å²) in [4.78, 5) is 13.9. The zero-order valence-electron chi connectivity index (χ0n) is 11.9. The molecule has 1 unspecified atom stereocenters. The van der Waals surface area contributed by atoms with E-state index < -0.39 is 5.54 Å². The monoisotopic (exact) mass is 257 g/mol. The summed E-state index contributed by atoms with van der Waals surface area (Å²) < 4.78 is 5.13. The SMILES string of the molecule is CCNC(C)(CCN(CCOC)C1CC1)C(N)=O. The van der Waals surface area contributed by atoms with Crippen molar-refractivity contribution in [3.05, 3.63) is 0 Å². The molecule has 0 bridgehead atoms. The molecule has 106 valence electrons. The second kappa shape index (κ2) is 7.07. The number of hydrogen-bond acceptors (Lipinski definition) is 4. The van der Waals surface area contributed by atoms with Crippen LogP contribution in [0.15, 0.2) is 0 Å². The van der Waals surface area contributed by atoms with E-state index >= 15 is 0 Å². The summed E-state index contributed by atoms with van der Waals surface area (Å²) in [5, 5.41) is 3.20. The van der Waals surface area contributed by atoms with E-state index in [2.05, 4.69) is 10.2 Å². The highest BCUT2D eigenvalue weighted by molar-refractivity contribution is 5.84. The number of carbonyl (C=O) groups is 1. The van der Waals surface area contributed by atoms with Gasteiger partial charge in [0.25, 0.3) is 0 Å². The first kappa shape index (κ1) is 15.4. The quantitative estimate of drug-likeness (QED) is 0.592. The Labute approximate surface area is 110 Å². The molecule has 0 spiro atoms. The Morgan fingerprint density at radius 3 is 2.61 bits per heavy atom. The molecule has 3 N–H and O–H groups in total. The molecule has 1 fully saturated rings. The average Bonchev–Trinajstić information content (AvgIpc) is 3.13. The highest BCUT2D eigenvalue weighted by atomic mass is 16.5. The molecule has 1 saturated carbocycles. The van der Waals surface area contributed by atoms with Crippen LogP contribution in [0.4, 0.5) is 0 Å². The molecule has 5 heteroatoms. The van der Waals surface area contributed by atoms with Crippen LogP contribution >= 0.6 is 0 Å². The fraction of sp³-hybridized carbons (Fsp3) is 0.923. The number of likely N-dealkylation sites (N-methyl/N-ethyl adjacent to an activating group) is 1. The molecule has 0 aliphatic heterocycles. The molecule has 0 aromatic carbocycles. The molecule has 5 nitrogen and oxygen atoms in total. The van der Waals surface area contributed by atoms with E-state index in [1.165, 1.54) is 12.8 Å². The van der Waals surface area contributed by atoms with E-state index in [4.69, 9.17) is 10.5 Å². The molecule has 1 amide bonds. The molecule has 0 radical (unpaired) electrons. The Balaban J connectivity index is 2.45. The van der Waals surface area contributed by atoms with E-state index in [0.717, 1.165) is 32.7 Å². The fourth-order valence-electron chi connectivity index (χ4n) is 2.18. The van der Waals surface area contributed by atoms with Crippen molar-refractivity contribution in [2.45, 2.75) is 44.7 Å². The van der Waals surface area contributed by atoms with Crippen LogP contribution in [0.2, 0.25) is 0 Å². The average molecular weight is 257 g/mol. The van der Waals surface area contributed by atoms with Crippen LogP contribution in [0.5, 0.6) is 0 Å². The van der Waals surface area contributed by atoms with Gasteiger partial charge in [-0.05, 0) is 32.7 Å². The van der Waals surface area contributed by atoms with Crippen LogP contribution in [0, 0.1) is 0 Å². The summed E-state index contributed by atoms with van der Waals surface area (Å²) in [5.41, 5.74) is 4.89. The van der Waals surface area contributed by atoms with E-state index in [1.54, 1.807) is 7.11 Å². The van der Waals surface area contributed by atoms with Gasteiger partial charge in [0, 0.05) is 26.2 Å². The lowest BCUT2D eigenvalue weighted by Crippen LogP contribution is -2.54. The first-order valence-corrected chi connectivity index (χ1v) is 6.81. The lowest BCUT2D eigenvalue weighted by Gasteiger charge is -2.30. The molecule has 1 aliphatic rings. The van der Waals surface area contributed by atoms with Gasteiger partial charge < -0.3 is 15.8 Å². The van der Waals surface area contributed by atoms with Crippen molar-refractivity contribution in [1.82, 2.24) is 10.2 Å².